The molecule has 0 fully saturated rings. The maximum atomic E-state index is 12.2. The minimum atomic E-state index is -0.432. The van der Waals surface area contributed by atoms with Gasteiger partial charge in [0.05, 0.1) is 19.7 Å². The number of carbonyl (C=O) groups excluding carboxylic acids is 2. The quantitative estimate of drug-likeness (QED) is 0.731. The number of rotatable bonds is 8. The molecule has 5 heteroatoms. The highest BCUT2D eigenvalue weighted by Crippen LogP contribution is 2.13. The Morgan fingerprint density at radius 1 is 1.20 bits per heavy atom. The summed E-state index contributed by atoms with van der Waals surface area (Å²) in [5.74, 6) is 0.267. The van der Waals surface area contributed by atoms with Crippen molar-refractivity contribution in [1.29, 1.82) is 0 Å². The monoisotopic (exact) mass is 278 g/mol. The van der Waals surface area contributed by atoms with Crippen molar-refractivity contribution in [2.24, 2.45) is 5.73 Å². The van der Waals surface area contributed by atoms with Crippen molar-refractivity contribution >= 4 is 11.7 Å². The van der Waals surface area contributed by atoms with E-state index in [9.17, 15) is 9.59 Å². The van der Waals surface area contributed by atoms with Gasteiger partial charge >= 0.3 is 0 Å². The zero-order valence-corrected chi connectivity index (χ0v) is 12.3. The Morgan fingerprint density at radius 3 is 2.25 bits per heavy atom. The van der Waals surface area contributed by atoms with Crippen molar-refractivity contribution in [3.8, 4) is 5.75 Å². The molecule has 0 atom stereocenters. The van der Waals surface area contributed by atoms with Crippen molar-refractivity contribution in [3.05, 3.63) is 29.8 Å². The molecule has 0 saturated carbocycles. The van der Waals surface area contributed by atoms with E-state index in [4.69, 9.17) is 10.5 Å². The van der Waals surface area contributed by atoms with Gasteiger partial charge in [0.15, 0.2) is 5.78 Å². The van der Waals surface area contributed by atoms with Gasteiger partial charge in [-0.25, -0.2) is 0 Å². The van der Waals surface area contributed by atoms with Crippen LogP contribution < -0.4 is 10.5 Å². The summed E-state index contributed by atoms with van der Waals surface area (Å²) in [5.41, 5.74) is 5.79. The first-order valence-electron chi connectivity index (χ1n) is 6.72. The second-order valence-corrected chi connectivity index (χ2v) is 4.85. The molecule has 1 rings (SSSR count). The molecule has 0 radical (unpaired) electrons. The highest BCUT2D eigenvalue weighted by atomic mass is 16.5. The van der Waals surface area contributed by atoms with Gasteiger partial charge in [0, 0.05) is 11.6 Å². The lowest BCUT2D eigenvalue weighted by atomic mass is 10.1. The summed E-state index contributed by atoms with van der Waals surface area (Å²) in [6.07, 6.45) is 0. The van der Waals surface area contributed by atoms with Gasteiger partial charge in [0.1, 0.15) is 5.75 Å². The summed E-state index contributed by atoms with van der Waals surface area (Å²) in [5, 5.41) is 0. The first kappa shape index (κ1) is 16.2. The third-order valence-corrected chi connectivity index (χ3v) is 2.92. The molecule has 1 aromatic carbocycles. The average molecular weight is 278 g/mol. The molecule has 0 aliphatic carbocycles. The molecule has 0 heterocycles. The molecule has 0 spiro atoms. The summed E-state index contributed by atoms with van der Waals surface area (Å²) >= 11 is 0. The summed E-state index contributed by atoms with van der Waals surface area (Å²) in [6, 6.07) is 7.08. The molecule has 1 amide bonds. The number of Topliss-reactive ketones (excluding diaryl/α,β-unsaturated/α-hetero) is 1. The molecule has 0 aromatic heterocycles. The number of hydrogen-bond donors (Lipinski definition) is 1. The normalized spacial score (nSPS) is 10.8. The topological polar surface area (TPSA) is 72.6 Å². The fraction of sp³-hybridized carbons (Fsp3) is 0.467. The summed E-state index contributed by atoms with van der Waals surface area (Å²) in [4.78, 5) is 24.9. The molecule has 0 aliphatic heterocycles. The average Bonchev–Trinajstić information content (AvgIpc) is 2.38. The van der Waals surface area contributed by atoms with Gasteiger partial charge in [-0.15, -0.1) is 0 Å². The molecule has 20 heavy (non-hydrogen) atoms. The van der Waals surface area contributed by atoms with E-state index in [-0.39, 0.29) is 24.9 Å². The Kier molecular flexibility index (Phi) is 6.18. The molecule has 110 valence electrons. The lowest BCUT2D eigenvalue weighted by Crippen LogP contribution is -2.41. The van der Waals surface area contributed by atoms with Crippen LogP contribution >= 0.6 is 0 Å². The minimum absolute atomic E-state index is 0.0389. The number of benzene rings is 1. The Morgan fingerprint density at radius 2 is 1.80 bits per heavy atom. The molecule has 0 bridgehead atoms. The van der Waals surface area contributed by atoms with E-state index in [0.29, 0.717) is 12.2 Å². The predicted molar refractivity (Wildman–Crippen MR) is 77.8 cm³/mol. The van der Waals surface area contributed by atoms with Crippen molar-refractivity contribution in [2.45, 2.75) is 26.8 Å². The van der Waals surface area contributed by atoms with E-state index in [1.54, 1.807) is 29.2 Å². The maximum Gasteiger partial charge on any atom is 0.231 e. The van der Waals surface area contributed by atoms with Gasteiger partial charge in [-0.05, 0) is 45.0 Å². The zero-order valence-electron chi connectivity index (χ0n) is 12.3. The highest BCUT2D eigenvalue weighted by molar-refractivity contribution is 5.98. The van der Waals surface area contributed by atoms with Gasteiger partial charge in [-0.3, -0.25) is 14.5 Å². The Balaban J connectivity index is 2.70. The van der Waals surface area contributed by atoms with E-state index in [2.05, 4.69) is 0 Å². The summed E-state index contributed by atoms with van der Waals surface area (Å²) in [6.45, 7) is 6.61. The van der Waals surface area contributed by atoms with Crippen LogP contribution in [0.2, 0.25) is 0 Å². The van der Waals surface area contributed by atoms with Gasteiger partial charge in [-0.1, -0.05) is 0 Å². The standard InChI is InChI=1S/C15H22N2O3/c1-4-20-13-7-5-12(6-8-13)14(18)9-17(11(2)3)10-15(16)19/h5-8,11H,4,9-10H2,1-3H3,(H2,16,19). The highest BCUT2D eigenvalue weighted by Gasteiger charge is 2.17. The van der Waals surface area contributed by atoms with Gasteiger partial charge in [0.2, 0.25) is 5.91 Å². The minimum Gasteiger partial charge on any atom is -0.494 e. The predicted octanol–water partition coefficient (Wildman–Crippen LogP) is 1.46. The largest absolute Gasteiger partial charge is 0.494 e. The lowest BCUT2D eigenvalue weighted by molar-refractivity contribution is -0.119. The SMILES string of the molecule is CCOc1ccc(C(=O)CN(CC(N)=O)C(C)C)cc1. The number of hydrogen-bond acceptors (Lipinski definition) is 4. The van der Waals surface area contributed by atoms with Crippen molar-refractivity contribution in [1.82, 2.24) is 4.90 Å². The van der Waals surface area contributed by atoms with Crippen LogP contribution in [0.25, 0.3) is 0 Å². The molecule has 5 nitrogen and oxygen atoms in total. The van der Waals surface area contributed by atoms with Gasteiger partial charge < -0.3 is 10.5 Å². The Hall–Kier alpha value is -1.88. The number of ether oxygens (including phenoxy) is 1. The maximum absolute atomic E-state index is 12.2. The second kappa shape index (κ2) is 7.65. The number of nitrogens with zero attached hydrogens (tertiary/aromatic N) is 1. The lowest BCUT2D eigenvalue weighted by Gasteiger charge is -2.24. The van der Waals surface area contributed by atoms with E-state index in [0.717, 1.165) is 5.75 Å². The molecular formula is C15H22N2O3. The van der Waals surface area contributed by atoms with Gasteiger partial charge in [-0.2, -0.15) is 0 Å². The Bertz CT molecular complexity index is 455. The fourth-order valence-corrected chi connectivity index (χ4v) is 1.80. The molecular weight excluding hydrogens is 256 g/mol. The van der Waals surface area contributed by atoms with Crippen molar-refractivity contribution in [3.63, 3.8) is 0 Å². The van der Waals surface area contributed by atoms with Crippen LogP contribution in [0.3, 0.4) is 0 Å². The zero-order chi connectivity index (χ0) is 15.1. The van der Waals surface area contributed by atoms with Crippen LogP contribution in [-0.4, -0.2) is 42.3 Å². The van der Waals surface area contributed by atoms with Crippen LogP contribution in [0.1, 0.15) is 31.1 Å². The van der Waals surface area contributed by atoms with Crippen LogP contribution in [-0.2, 0) is 4.79 Å². The summed E-state index contributed by atoms with van der Waals surface area (Å²) in [7, 11) is 0. The first-order chi connectivity index (χ1) is 9.43. The van der Waals surface area contributed by atoms with E-state index in [1.165, 1.54) is 0 Å². The van der Waals surface area contributed by atoms with Crippen molar-refractivity contribution in [2.75, 3.05) is 19.7 Å². The third kappa shape index (κ3) is 5.01. The molecule has 0 unspecified atom stereocenters. The van der Waals surface area contributed by atoms with E-state index >= 15 is 0 Å². The van der Waals surface area contributed by atoms with Crippen LogP contribution in [0, 0.1) is 0 Å². The number of amides is 1. The third-order valence-electron chi connectivity index (χ3n) is 2.92. The molecule has 2 N–H and O–H groups in total. The number of ketones is 1. The first-order valence-corrected chi connectivity index (χ1v) is 6.72. The summed E-state index contributed by atoms with van der Waals surface area (Å²) < 4.78 is 5.33. The Labute approximate surface area is 119 Å². The van der Waals surface area contributed by atoms with Crippen LogP contribution in [0.5, 0.6) is 5.75 Å². The smallest absolute Gasteiger partial charge is 0.231 e. The van der Waals surface area contributed by atoms with E-state index < -0.39 is 5.91 Å². The van der Waals surface area contributed by atoms with Gasteiger partial charge in [0.25, 0.3) is 0 Å². The number of nitrogens with two attached hydrogens (primary N) is 1. The van der Waals surface area contributed by atoms with E-state index in [1.807, 2.05) is 20.8 Å². The molecule has 0 aliphatic rings. The fourth-order valence-electron chi connectivity index (χ4n) is 1.80. The number of primary amides is 1. The van der Waals surface area contributed by atoms with Crippen LogP contribution in [0.15, 0.2) is 24.3 Å². The van der Waals surface area contributed by atoms with Crippen molar-refractivity contribution < 1.29 is 14.3 Å². The number of carbonyl (C=O) groups is 2. The molecule has 0 saturated heterocycles. The molecule has 1 aromatic rings. The van der Waals surface area contributed by atoms with Crippen LogP contribution in [0.4, 0.5) is 0 Å². The second-order valence-electron chi connectivity index (χ2n) is 4.85.